The fraction of sp³-hybridized carbons (Fsp3) is 0.385. The van der Waals surface area contributed by atoms with E-state index >= 15 is 0 Å². The molecule has 1 aliphatic rings. The number of likely N-dealkylation sites (tertiary alicyclic amines) is 1. The molecule has 1 aromatic carbocycles. The minimum atomic E-state index is -1.34. The van der Waals surface area contributed by atoms with E-state index in [1.807, 2.05) is 0 Å². The van der Waals surface area contributed by atoms with Gasteiger partial charge >= 0.3 is 12.0 Å². The van der Waals surface area contributed by atoms with Crippen molar-refractivity contribution in [1.82, 2.24) is 4.90 Å². The Morgan fingerprint density at radius 3 is 2.23 bits per heavy atom. The van der Waals surface area contributed by atoms with Crippen LogP contribution >= 0.6 is 0 Å². The van der Waals surface area contributed by atoms with Gasteiger partial charge < -0.3 is 21.5 Å². The van der Waals surface area contributed by atoms with Gasteiger partial charge in [0.2, 0.25) is 0 Å². The summed E-state index contributed by atoms with van der Waals surface area (Å²) in [4.78, 5) is 32.3. The highest BCUT2D eigenvalue weighted by Crippen LogP contribution is 2.21. The lowest BCUT2D eigenvalue weighted by atomic mass is 10.1. The number of benzene rings is 1. The second-order valence-electron chi connectivity index (χ2n) is 4.72. The maximum atomic E-state index is 10.5. The van der Waals surface area contributed by atoms with Crippen molar-refractivity contribution in [2.24, 2.45) is 5.73 Å². The molecule has 9 heteroatoms. The summed E-state index contributed by atoms with van der Waals surface area (Å²) in [5.74, 6) is -1.34. The summed E-state index contributed by atoms with van der Waals surface area (Å²) < 4.78 is 0. The fourth-order valence-electron chi connectivity index (χ4n) is 1.99. The molecule has 1 saturated heterocycles. The Morgan fingerprint density at radius 2 is 1.82 bits per heavy atom. The summed E-state index contributed by atoms with van der Waals surface area (Å²) in [6.45, 7) is 1.71. The van der Waals surface area contributed by atoms with Gasteiger partial charge in [-0.2, -0.15) is 0 Å². The molecule has 1 fully saturated rings. The molecule has 2 amide bonds. The van der Waals surface area contributed by atoms with Crippen molar-refractivity contribution >= 4 is 23.4 Å². The summed E-state index contributed by atoms with van der Waals surface area (Å²) in [5.41, 5.74) is 9.63. The summed E-state index contributed by atoms with van der Waals surface area (Å²) >= 11 is 0. The zero-order valence-electron chi connectivity index (χ0n) is 11.9. The molecular formula is C13H18N4O5. The van der Waals surface area contributed by atoms with Crippen LogP contribution in [0.1, 0.15) is 29.6 Å². The van der Waals surface area contributed by atoms with E-state index in [1.165, 1.54) is 12.5 Å². The third-order valence-corrected chi connectivity index (χ3v) is 3.12. The number of hydrogen-bond acceptors (Lipinski definition) is 5. The number of aromatic carboxylic acids is 1. The quantitative estimate of drug-likeness (QED) is 0.426. The summed E-state index contributed by atoms with van der Waals surface area (Å²) in [6, 6.07) is 3.16. The van der Waals surface area contributed by atoms with Crippen LogP contribution in [0, 0.1) is 10.1 Å². The number of hydrogen-bond donors (Lipinski definition) is 3. The van der Waals surface area contributed by atoms with E-state index in [0.29, 0.717) is 0 Å². The smallest absolute Gasteiger partial charge is 0.342 e. The number of nitro groups is 1. The van der Waals surface area contributed by atoms with E-state index in [-0.39, 0.29) is 17.3 Å². The molecule has 0 saturated carbocycles. The average Bonchev–Trinajstić information content (AvgIpc) is 2.48. The van der Waals surface area contributed by atoms with Gasteiger partial charge in [0.1, 0.15) is 5.56 Å². The van der Waals surface area contributed by atoms with Crippen LogP contribution in [0.2, 0.25) is 0 Å². The van der Waals surface area contributed by atoms with Crippen LogP contribution in [-0.4, -0.2) is 40.0 Å². The standard InChI is InChI=1S/C7H6N2O4.C6H12N2O/c8-4-1-2-5(7(10)11)6(3-4)9(12)13;7-6(9)8-4-2-1-3-5-8/h1-3H,8H2,(H,10,11);1-5H2,(H2,7,9). The van der Waals surface area contributed by atoms with Gasteiger partial charge in [0.05, 0.1) is 4.92 Å². The van der Waals surface area contributed by atoms with Crippen molar-refractivity contribution in [3.63, 3.8) is 0 Å². The Kier molecular flexibility index (Phi) is 6.11. The first-order chi connectivity index (χ1) is 10.3. The number of piperidine rings is 1. The highest BCUT2D eigenvalue weighted by atomic mass is 16.6. The largest absolute Gasteiger partial charge is 0.477 e. The van der Waals surface area contributed by atoms with Crippen LogP contribution in [0.25, 0.3) is 0 Å². The van der Waals surface area contributed by atoms with E-state index in [0.717, 1.165) is 38.1 Å². The lowest BCUT2D eigenvalue weighted by molar-refractivity contribution is -0.385. The van der Waals surface area contributed by atoms with E-state index in [9.17, 15) is 19.7 Å². The number of carboxylic acid groups (broad SMARTS) is 1. The van der Waals surface area contributed by atoms with E-state index in [4.69, 9.17) is 16.6 Å². The first-order valence-electron chi connectivity index (χ1n) is 6.64. The molecule has 5 N–H and O–H groups in total. The predicted molar refractivity (Wildman–Crippen MR) is 79.5 cm³/mol. The molecule has 0 radical (unpaired) electrons. The first kappa shape index (κ1) is 17.2. The SMILES string of the molecule is NC(=O)N1CCCCC1.Nc1ccc(C(=O)O)c([N+](=O)[O-])c1. The Hall–Kier alpha value is -2.84. The van der Waals surface area contributed by atoms with Crippen molar-refractivity contribution in [3.05, 3.63) is 33.9 Å². The van der Waals surface area contributed by atoms with Crippen LogP contribution in [0.4, 0.5) is 16.2 Å². The van der Waals surface area contributed by atoms with Gasteiger partial charge in [0, 0.05) is 24.8 Å². The fourth-order valence-corrected chi connectivity index (χ4v) is 1.99. The second kappa shape index (κ2) is 7.81. The molecule has 9 nitrogen and oxygen atoms in total. The molecule has 1 heterocycles. The average molecular weight is 310 g/mol. The Labute approximate surface area is 126 Å². The molecule has 2 rings (SSSR count). The number of carbonyl (C=O) groups excluding carboxylic acids is 1. The number of rotatable bonds is 2. The van der Waals surface area contributed by atoms with E-state index < -0.39 is 16.6 Å². The van der Waals surface area contributed by atoms with Gasteiger partial charge in [0.15, 0.2) is 0 Å². The van der Waals surface area contributed by atoms with Crippen molar-refractivity contribution in [2.45, 2.75) is 19.3 Å². The lowest BCUT2D eigenvalue weighted by Gasteiger charge is -2.24. The molecule has 0 bridgehead atoms. The molecule has 0 unspecified atom stereocenters. The highest BCUT2D eigenvalue weighted by Gasteiger charge is 2.19. The Bertz CT molecular complexity index is 570. The molecule has 0 atom stereocenters. The van der Waals surface area contributed by atoms with Crippen LogP contribution in [0.15, 0.2) is 18.2 Å². The number of urea groups is 1. The zero-order chi connectivity index (χ0) is 16.7. The number of nitrogen functional groups attached to an aromatic ring is 1. The lowest BCUT2D eigenvalue weighted by Crippen LogP contribution is -2.39. The van der Waals surface area contributed by atoms with Crippen LogP contribution in [0.5, 0.6) is 0 Å². The first-order valence-corrected chi connectivity index (χ1v) is 6.64. The molecule has 0 aliphatic carbocycles. The topological polar surface area (TPSA) is 153 Å². The van der Waals surface area contributed by atoms with E-state index in [1.54, 1.807) is 4.90 Å². The molecule has 22 heavy (non-hydrogen) atoms. The monoisotopic (exact) mass is 310 g/mol. The normalized spacial score (nSPS) is 13.7. The van der Waals surface area contributed by atoms with Crippen molar-refractivity contribution < 1.29 is 19.6 Å². The maximum absolute atomic E-state index is 10.5. The Balaban J connectivity index is 0.000000235. The number of primary amides is 1. The van der Waals surface area contributed by atoms with Crippen molar-refractivity contribution in [1.29, 1.82) is 0 Å². The number of carbonyl (C=O) groups is 2. The van der Waals surface area contributed by atoms with Crippen molar-refractivity contribution in [2.75, 3.05) is 18.8 Å². The summed E-state index contributed by atoms with van der Waals surface area (Å²) in [7, 11) is 0. The van der Waals surface area contributed by atoms with Gasteiger partial charge in [-0.05, 0) is 31.4 Å². The van der Waals surface area contributed by atoms with E-state index in [2.05, 4.69) is 0 Å². The van der Waals surface area contributed by atoms with Crippen LogP contribution in [-0.2, 0) is 0 Å². The summed E-state index contributed by atoms with van der Waals surface area (Å²) in [6.07, 6.45) is 3.47. The van der Waals surface area contributed by atoms with Gasteiger partial charge in [0.25, 0.3) is 5.69 Å². The number of anilines is 1. The second-order valence-corrected chi connectivity index (χ2v) is 4.72. The van der Waals surface area contributed by atoms with Crippen LogP contribution < -0.4 is 11.5 Å². The third kappa shape index (κ3) is 4.93. The molecular weight excluding hydrogens is 292 g/mol. The van der Waals surface area contributed by atoms with Gasteiger partial charge in [-0.15, -0.1) is 0 Å². The van der Waals surface area contributed by atoms with Gasteiger partial charge in [-0.1, -0.05) is 0 Å². The molecule has 0 aromatic heterocycles. The number of nitrogens with zero attached hydrogens (tertiary/aromatic N) is 2. The molecule has 1 aliphatic heterocycles. The minimum absolute atomic E-state index is 0.164. The number of carboxylic acids is 1. The van der Waals surface area contributed by atoms with Crippen molar-refractivity contribution in [3.8, 4) is 0 Å². The minimum Gasteiger partial charge on any atom is -0.477 e. The molecule has 120 valence electrons. The van der Waals surface area contributed by atoms with Crippen LogP contribution in [0.3, 0.4) is 0 Å². The number of nitrogens with two attached hydrogens (primary N) is 2. The maximum Gasteiger partial charge on any atom is 0.342 e. The number of nitro benzene ring substituents is 1. The highest BCUT2D eigenvalue weighted by molar-refractivity contribution is 5.93. The summed E-state index contributed by atoms with van der Waals surface area (Å²) in [5, 5.41) is 18.9. The number of amides is 2. The molecule has 0 spiro atoms. The van der Waals surface area contributed by atoms with Gasteiger partial charge in [-0.3, -0.25) is 10.1 Å². The third-order valence-electron chi connectivity index (χ3n) is 3.12. The zero-order valence-corrected chi connectivity index (χ0v) is 11.9. The Morgan fingerprint density at radius 1 is 1.23 bits per heavy atom. The van der Waals surface area contributed by atoms with Gasteiger partial charge in [-0.25, -0.2) is 9.59 Å². The molecule has 1 aromatic rings. The predicted octanol–water partition coefficient (Wildman–Crippen LogP) is 1.43.